The SMILES string of the molecule is CCOC(C)Oc1cccc2c(C(CC(C)(C)C)C(C)(C)CC)cccc12. The lowest BCUT2D eigenvalue weighted by atomic mass is 9.66. The number of ether oxygens (including phenoxy) is 2. The van der Waals surface area contributed by atoms with E-state index in [1.54, 1.807) is 0 Å². The van der Waals surface area contributed by atoms with Crippen LogP contribution in [0.25, 0.3) is 10.8 Å². The average Bonchev–Trinajstić information content (AvgIpc) is 2.59. The Bertz CT molecular complexity index is 740. The van der Waals surface area contributed by atoms with Gasteiger partial charge in [-0.05, 0) is 54.0 Å². The standard InChI is InChI=1S/C25H38O2/c1-9-25(7,8)22(17-24(4,5)6)20-14-11-15-21-19(20)13-12-16-23(21)27-18(3)26-10-2/h11-16,18,22H,9-10,17H2,1-8H3. The highest BCUT2D eigenvalue weighted by Gasteiger charge is 2.33. The fourth-order valence-electron chi connectivity index (χ4n) is 3.83. The molecule has 2 unspecified atom stereocenters. The van der Waals surface area contributed by atoms with Gasteiger partial charge in [-0.15, -0.1) is 0 Å². The second-order valence-electron chi connectivity index (χ2n) is 9.50. The molecule has 0 aliphatic heterocycles. The van der Waals surface area contributed by atoms with Gasteiger partial charge in [0.2, 0.25) is 0 Å². The molecule has 2 aromatic rings. The van der Waals surface area contributed by atoms with E-state index in [9.17, 15) is 0 Å². The van der Waals surface area contributed by atoms with Crippen LogP contribution in [-0.4, -0.2) is 12.9 Å². The van der Waals surface area contributed by atoms with Crippen LogP contribution in [0.2, 0.25) is 0 Å². The molecular weight excluding hydrogens is 332 g/mol. The Kier molecular flexibility index (Phi) is 6.97. The van der Waals surface area contributed by atoms with Gasteiger partial charge in [0, 0.05) is 12.0 Å². The molecule has 0 amide bonds. The summed E-state index contributed by atoms with van der Waals surface area (Å²) >= 11 is 0. The van der Waals surface area contributed by atoms with Crippen molar-refractivity contribution in [2.45, 2.75) is 80.4 Å². The summed E-state index contributed by atoms with van der Waals surface area (Å²) in [6.45, 7) is 18.7. The Morgan fingerprint density at radius 2 is 1.52 bits per heavy atom. The van der Waals surface area contributed by atoms with Crippen LogP contribution in [0.4, 0.5) is 0 Å². The summed E-state index contributed by atoms with van der Waals surface area (Å²) < 4.78 is 11.7. The maximum Gasteiger partial charge on any atom is 0.196 e. The number of benzene rings is 2. The summed E-state index contributed by atoms with van der Waals surface area (Å²) in [5.74, 6) is 1.39. The van der Waals surface area contributed by atoms with Crippen LogP contribution in [-0.2, 0) is 4.74 Å². The minimum atomic E-state index is -0.248. The Morgan fingerprint density at radius 1 is 0.889 bits per heavy atom. The third-order valence-corrected chi connectivity index (χ3v) is 5.66. The van der Waals surface area contributed by atoms with Crippen LogP contribution >= 0.6 is 0 Å². The monoisotopic (exact) mass is 370 g/mol. The predicted molar refractivity (Wildman–Crippen MR) is 117 cm³/mol. The highest BCUT2D eigenvalue weighted by Crippen LogP contribution is 2.47. The first-order valence-electron chi connectivity index (χ1n) is 10.4. The van der Waals surface area contributed by atoms with E-state index in [0.717, 1.165) is 18.6 Å². The third-order valence-electron chi connectivity index (χ3n) is 5.66. The minimum Gasteiger partial charge on any atom is -0.465 e. The van der Waals surface area contributed by atoms with E-state index in [-0.39, 0.29) is 17.1 Å². The lowest BCUT2D eigenvalue weighted by Gasteiger charge is -2.39. The number of fused-ring (bicyclic) bond motifs is 1. The summed E-state index contributed by atoms with van der Waals surface area (Å²) in [7, 11) is 0. The summed E-state index contributed by atoms with van der Waals surface area (Å²) in [5, 5.41) is 2.47. The fourth-order valence-corrected chi connectivity index (χ4v) is 3.83. The maximum absolute atomic E-state index is 6.09. The van der Waals surface area contributed by atoms with E-state index in [0.29, 0.717) is 12.5 Å². The summed E-state index contributed by atoms with van der Waals surface area (Å²) in [6, 6.07) is 13.0. The minimum absolute atomic E-state index is 0.233. The molecule has 27 heavy (non-hydrogen) atoms. The van der Waals surface area contributed by atoms with Gasteiger partial charge in [0.1, 0.15) is 5.75 Å². The molecule has 0 spiro atoms. The molecule has 0 N–H and O–H groups in total. The number of hydrogen-bond acceptors (Lipinski definition) is 2. The van der Waals surface area contributed by atoms with Crippen molar-refractivity contribution in [3.63, 3.8) is 0 Å². The number of hydrogen-bond donors (Lipinski definition) is 0. The second-order valence-corrected chi connectivity index (χ2v) is 9.50. The topological polar surface area (TPSA) is 18.5 Å². The molecule has 0 saturated carbocycles. The summed E-state index contributed by atoms with van der Waals surface area (Å²) in [4.78, 5) is 0. The van der Waals surface area contributed by atoms with Gasteiger partial charge >= 0.3 is 0 Å². The van der Waals surface area contributed by atoms with Crippen molar-refractivity contribution in [3.8, 4) is 5.75 Å². The molecule has 0 aliphatic carbocycles. The van der Waals surface area contributed by atoms with Crippen molar-refractivity contribution in [1.29, 1.82) is 0 Å². The Balaban J connectivity index is 2.56. The van der Waals surface area contributed by atoms with Crippen molar-refractivity contribution in [3.05, 3.63) is 42.0 Å². The molecule has 0 fully saturated rings. The highest BCUT2D eigenvalue weighted by molar-refractivity contribution is 5.91. The highest BCUT2D eigenvalue weighted by atomic mass is 16.7. The molecule has 0 radical (unpaired) electrons. The van der Waals surface area contributed by atoms with Crippen LogP contribution in [0, 0.1) is 10.8 Å². The molecule has 2 atom stereocenters. The lowest BCUT2D eigenvalue weighted by Crippen LogP contribution is -2.26. The van der Waals surface area contributed by atoms with E-state index >= 15 is 0 Å². The molecule has 2 aromatic carbocycles. The first-order chi connectivity index (χ1) is 12.6. The molecule has 2 rings (SSSR count). The number of rotatable bonds is 8. The zero-order chi connectivity index (χ0) is 20.2. The zero-order valence-corrected chi connectivity index (χ0v) is 18.6. The van der Waals surface area contributed by atoms with E-state index < -0.39 is 0 Å². The van der Waals surface area contributed by atoms with Crippen LogP contribution < -0.4 is 4.74 Å². The lowest BCUT2D eigenvalue weighted by molar-refractivity contribution is -0.0605. The zero-order valence-electron chi connectivity index (χ0n) is 18.6. The van der Waals surface area contributed by atoms with E-state index in [4.69, 9.17) is 9.47 Å². The van der Waals surface area contributed by atoms with Crippen LogP contribution in [0.5, 0.6) is 5.75 Å². The van der Waals surface area contributed by atoms with Gasteiger partial charge in [0.15, 0.2) is 6.29 Å². The van der Waals surface area contributed by atoms with Gasteiger partial charge in [0.05, 0.1) is 0 Å². The van der Waals surface area contributed by atoms with Crippen molar-refractivity contribution < 1.29 is 9.47 Å². The van der Waals surface area contributed by atoms with Crippen molar-refractivity contribution >= 4 is 10.8 Å². The normalized spacial score (nSPS) is 15.0. The first-order valence-corrected chi connectivity index (χ1v) is 10.4. The van der Waals surface area contributed by atoms with Crippen molar-refractivity contribution in [1.82, 2.24) is 0 Å². The average molecular weight is 371 g/mol. The van der Waals surface area contributed by atoms with Gasteiger partial charge in [-0.25, -0.2) is 0 Å². The van der Waals surface area contributed by atoms with E-state index in [1.807, 2.05) is 19.9 Å². The molecule has 0 bridgehead atoms. The fraction of sp³-hybridized carbons (Fsp3) is 0.600. The molecule has 2 heteroatoms. The van der Waals surface area contributed by atoms with Gasteiger partial charge < -0.3 is 9.47 Å². The first kappa shape index (κ1) is 21.8. The van der Waals surface area contributed by atoms with E-state index in [2.05, 4.69) is 71.9 Å². The smallest absolute Gasteiger partial charge is 0.196 e. The molecule has 0 aliphatic rings. The Morgan fingerprint density at radius 3 is 2.11 bits per heavy atom. The molecule has 0 aromatic heterocycles. The van der Waals surface area contributed by atoms with Crippen LogP contribution in [0.15, 0.2) is 36.4 Å². The molecule has 0 heterocycles. The quantitative estimate of drug-likeness (QED) is 0.446. The Labute approximate surface area is 166 Å². The van der Waals surface area contributed by atoms with E-state index in [1.165, 1.54) is 16.3 Å². The van der Waals surface area contributed by atoms with Crippen molar-refractivity contribution in [2.24, 2.45) is 10.8 Å². The maximum atomic E-state index is 6.09. The van der Waals surface area contributed by atoms with Gasteiger partial charge in [0.25, 0.3) is 0 Å². The van der Waals surface area contributed by atoms with Gasteiger partial charge in [-0.1, -0.05) is 78.3 Å². The van der Waals surface area contributed by atoms with Crippen molar-refractivity contribution in [2.75, 3.05) is 6.61 Å². The Hall–Kier alpha value is -1.54. The summed E-state index contributed by atoms with van der Waals surface area (Å²) in [5.41, 5.74) is 1.94. The predicted octanol–water partition coefficient (Wildman–Crippen LogP) is 7.56. The van der Waals surface area contributed by atoms with Gasteiger partial charge in [-0.3, -0.25) is 0 Å². The molecule has 0 saturated heterocycles. The summed E-state index contributed by atoms with van der Waals surface area (Å²) in [6.07, 6.45) is 2.07. The third kappa shape index (κ3) is 5.48. The molecule has 2 nitrogen and oxygen atoms in total. The molecule has 150 valence electrons. The van der Waals surface area contributed by atoms with Crippen LogP contribution in [0.1, 0.15) is 79.7 Å². The largest absolute Gasteiger partial charge is 0.465 e. The second kappa shape index (κ2) is 8.65. The molecular formula is C25H38O2. The van der Waals surface area contributed by atoms with Crippen LogP contribution in [0.3, 0.4) is 0 Å². The van der Waals surface area contributed by atoms with Gasteiger partial charge in [-0.2, -0.15) is 0 Å².